The van der Waals surface area contributed by atoms with E-state index in [2.05, 4.69) is 10.1 Å². The van der Waals surface area contributed by atoms with E-state index in [9.17, 15) is 13.2 Å². The number of likely N-dealkylation sites (tertiary alicyclic amines) is 1. The van der Waals surface area contributed by atoms with Crippen LogP contribution >= 0.6 is 0 Å². The summed E-state index contributed by atoms with van der Waals surface area (Å²) in [7, 11) is -3.31. The number of aromatic nitrogens is 3. The van der Waals surface area contributed by atoms with Gasteiger partial charge in [0.2, 0.25) is 5.91 Å². The molecule has 0 radical (unpaired) electrons. The van der Waals surface area contributed by atoms with Crippen LogP contribution in [0.25, 0.3) is 0 Å². The molecule has 0 saturated carbocycles. The fourth-order valence-corrected chi connectivity index (χ4v) is 5.68. The molecule has 3 saturated heterocycles. The molecule has 1 amide bonds. The molecule has 138 valence electrons. The number of rotatable bonds is 3. The highest BCUT2D eigenvalue weighted by Gasteiger charge is 2.54. The number of hydrogen-bond donors (Lipinski definition) is 0. The van der Waals surface area contributed by atoms with Gasteiger partial charge in [0, 0.05) is 19.1 Å². The van der Waals surface area contributed by atoms with Crippen LogP contribution < -0.4 is 0 Å². The lowest BCUT2D eigenvalue weighted by atomic mass is 9.91. The summed E-state index contributed by atoms with van der Waals surface area (Å²) in [5.41, 5.74) is -0.738. The molecule has 1 atom stereocenters. The largest absolute Gasteiger partial charge is 0.381 e. The molecule has 3 fully saturated rings. The molecule has 1 aromatic rings. The fraction of sp³-hybridized carbons (Fsp3) is 0.800. The third-order valence-corrected chi connectivity index (χ3v) is 7.47. The third kappa shape index (κ3) is 3.30. The summed E-state index contributed by atoms with van der Waals surface area (Å²) >= 11 is 0. The molecule has 4 rings (SSSR count). The maximum atomic E-state index is 12.6. The van der Waals surface area contributed by atoms with Crippen LogP contribution in [0.15, 0.2) is 12.7 Å². The van der Waals surface area contributed by atoms with Crippen molar-refractivity contribution in [2.24, 2.45) is 5.92 Å². The molecule has 1 aromatic heterocycles. The summed E-state index contributed by atoms with van der Waals surface area (Å²) in [6.45, 7) is 2.32. The van der Waals surface area contributed by atoms with Crippen molar-refractivity contribution in [3.8, 4) is 0 Å². The highest BCUT2D eigenvalue weighted by atomic mass is 32.2. The molecular formula is C15H22N4O5S. The van der Waals surface area contributed by atoms with E-state index in [1.807, 2.05) is 0 Å². The van der Waals surface area contributed by atoms with Crippen molar-refractivity contribution in [2.45, 2.75) is 30.2 Å². The summed E-state index contributed by atoms with van der Waals surface area (Å²) < 4.78 is 38.0. The predicted molar refractivity (Wildman–Crippen MR) is 86.4 cm³/mol. The van der Waals surface area contributed by atoms with Crippen LogP contribution in [0.5, 0.6) is 0 Å². The van der Waals surface area contributed by atoms with Crippen molar-refractivity contribution in [2.75, 3.05) is 38.7 Å². The average molecular weight is 370 g/mol. The maximum absolute atomic E-state index is 12.6. The van der Waals surface area contributed by atoms with Crippen LogP contribution in [-0.4, -0.2) is 83.5 Å². The third-order valence-electron chi connectivity index (χ3n) is 5.25. The quantitative estimate of drug-likeness (QED) is 0.679. The van der Waals surface area contributed by atoms with E-state index in [0.29, 0.717) is 26.3 Å². The van der Waals surface area contributed by atoms with Crippen LogP contribution in [0.4, 0.5) is 0 Å². The molecule has 0 aliphatic carbocycles. The van der Waals surface area contributed by atoms with E-state index in [-0.39, 0.29) is 30.7 Å². The Labute approximate surface area is 146 Å². The van der Waals surface area contributed by atoms with E-state index in [1.165, 1.54) is 17.3 Å². The Bertz CT molecular complexity index is 723. The van der Waals surface area contributed by atoms with Gasteiger partial charge in [0.1, 0.15) is 23.5 Å². The molecule has 9 nitrogen and oxygen atoms in total. The Balaban J connectivity index is 1.35. The van der Waals surface area contributed by atoms with E-state index in [0.717, 1.165) is 12.8 Å². The van der Waals surface area contributed by atoms with Gasteiger partial charge in [0.15, 0.2) is 9.84 Å². The van der Waals surface area contributed by atoms with Gasteiger partial charge in [0.05, 0.1) is 32.0 Å². The Morgan fingerprint density at radius 2 is 2.04 bits per heavy atom. The van der Waals surface area contributed by atoms with Crippen molar-refractivity contribution in [1.29, 1.82) is 0 Å². The van der Waals surface area contributed by atoms with Gasteiger partial charge in [0.25, 0.3) is 0 Å². The van der Waals surface area contributed by atoms with Crippen LogP contribution in [0.2, 0.25) is 0 Å². The molecule has 10 heteroatoms. The number of carbonyl (C=O) groups is 1. The number of carbonyl (C=O) groups excluding carboxylic acids is 1. The van der Waals surface area contributed by atoms with Gasteiger partial charge in [-0.1, -0.05) is 0 Å². The van der Waals surface area contributed by atoms with Crippen molar-refractivity contribution in [3.05, 3.63) is 12.7 Å². The lowest BCUT2D eigenvalue weighted by Crippen LogP contribution is -2.71. The van der Waals surface area contributed by atoms with E-state index in [1.54, 1.807) is 4.90 Å². The van der Waals surface area contributed by atoms with E-state index < -0.39 is 20.7 Å². The van der Waals surface area contributed by atoms with Gasteiger partial charge >= 0.3 is 0 Å². The monoisotopic (exact) mass is 370 g/mol. The van der Waals surface area contributed by atoms with E-state index >= 15 is 0 Å². The minimum atomic E-state index is -3.31. The summed E-state index contributed by atoms with van der Waals surface area (Å²) in [5, 5.41) is 3.33. The molecule has 3 aliphatic rings. The lowest BCUT2D eigenvalue weighted by molar-refractivity contribution is -0.171. The number of amides is 1. The predicted octanol–water partition coefficient (Wildman–Crippen LogP) is -0.901. The minimum absolute atomic E-state index is 0.00800. The highest BCUT2D eigenvalue weighted by molar-refractivity contribution is 7.92. The second kappa shape index (κ2) is 6.33. The SMILES string of the molecule is O=C(C1CCOCC1)N1CC2(C1)CS(=O)(=O)[C@@H](Cn1cncn1)CO2. The van der Waals surface area contributed by atoms with Crippen molar-refractivity contribution in [1.82, 2.24) is 19.7 Å². The summed E-state index contributed by atoms with van der Waals surface area (Å²) in [6.07, 6.45) is 4.35. The second-order valence-electron chi connectivity index (χ2n) is 7.12. The van der Waals surface area contributed by atoms with Gasteiger partial charge < -0.3 is 14.4 Å². The minimum Gasteiger partial charge on any atom is -0.381 e. The van der Waals surface area contributed by atoms with E-state index in [4.69, 9.17) is 9.47 Å². The van der Waals surface area contributed by atoms with Crippen LogP contribution in [-0.2, 0) is 30.7 Å². The summed E-state index contributed by atoms with van der Waals surface area (Å²) in [4.78, 5) is 18.0. The molecule has 0 aromatic carbocycles. The summed E-state index contributed by atoms with van der Waals surface area (Å²) in [6, 6.07) is 0. The van der Waals surface area contributed by atoms with Gasteiger partial charge in [-0.25, -0.2) is 13.4 Å². The molecular weight excluding hydrogens is 348 g/mol. The molecule has 0 N–H and O–H groups in total. The smallest absolute Gasteiger partial charge is 0.226 e. The Morgan fingerprint density at radius 1 is 1.28 bits per heavy atom. The second-order valence-corrected chi connectivity index (χ2v) is 9.40. The molecule has 0 unspecified atom stereocenters. The zero-order valence-corrected chi connectivity index (χ0v) is 14.7. The highest BCUT2D eigenvalue weighted by Crippen LogP contribution is 2.34. The molecule has 25 heavy (non-hydrogen) atoms. The van der Waals surface area contributed by atoms with Crippen LogP contribution in [0.3, 0.4) is 0 Å². The van der Waals surface area contributed by atoms with Gasteiger partial charge in [-0.2, -0.15) is 5.10 Å². The first-order valence-electron chi connectivity index (χ1n) is 8.52. The standard InChI is InChI=1S/C15H22N4O5S/c20-14(12-1-3-23-4-2-12)18-7-15(8-18)9-25(21,22)13(6-24-15)5-19-11-16-10-17-19/h10-13H,1-9H2/t13-/m0/s1. The topological polar surface area (TPSA) is 104 Å². The molecule has 3 aliphatic heterocycles. The zero-order chi connectivity index (χ0) is 17.5. The van der Waals surface area contributed by atoms with Crippen molar-refractivity contribution < 1.29 is 22.7 Å². The van der Waals surface area contributed by atoms with Crippen LogP contribution in [0, 0.1) is 5.92 Å². The van der Waals surface area contributed by atoms with Gasteiger partial charge in [-0.3, -0.25) is 9.48 Å². The maximum Gasteiger partial charge on any atom is 0.226 e. The van der Waals surface area contributed by atoms with Gasteiger partial charge in [-0.15, -0.1) is 0 Å². The number of hydrogen-bond acceptors (Lipinski definition) is 7. The average Bonchev–Trinajstić information content (AvgIpc) is 3.07. The Hall–Kier alpha value is -1.52. The Morgan fingerprint density at radius 3 is 2.68 bits per heavy atom. The zero-order valence-electron chi connectivity index (χ0n) is 13.9. The van der Waals surface area contributed by atoms with Gasteiger partial charge in [-0.05, 0) is 12.8 Å². The first-order chi connectivity index (χ1) is 12.0. The first kappa shape index (κ1) is 16.9. The normalized spacial score (nSPS) is 28.6. The first-order valence-corrected chi connectivity index (χ1v) is 10.2. The van der Waals surface area contributed by atoms with Crippen molar-refractivity contribution in [3.63, 3.8) is 0 Å². The van der Waals surface area contributed by atoms with Crippen molar-refractivity contribution >= 4 is 15.7 Å². The molecule has 4 heterocycles. The number of ether oxygens (including phenoxy) is 2. The molecule has 1 spiro atoms. The number of nitrogens with zero attached hydrogens (tertiary/aromatic N) is 4. The molecule has 0 bridgehead atoms. The lowest BCUT2D eigenvalue weighted by Gasteiger charge is -2.52. The van der Waals surface area contributed by atoms with Crippen LogP contribution in [0.1, 0.15) is 12.8 Å². The summed E-state index contributed by atoms with van der Waals surface area (Å²) in [5.74, 6) is 0.0442. The Kier molecular flexibility index (Phi) is 4.28. The fourth-order valence-electron chi connectivity index (χ4n) is 3.79. The number of sulfone groups is 1.